The van der Waals surface area contributed by atoms with Gasteiger partial charge < -0.3 is 25.3 Å². The minimum Gasteiger partial charge on any atom is -0.501 e. The lowest BCUT2D eigenvalue weighted by Crippen LogP contribution is -2.27. The molecule has 3 aromatic heterocycles. The Morgan fingerprint density at radius 2 is 2.14 bits per heavy atom. The van der Waals surface area contributed by atoms with Crippen molar-refractivity contribution >= 4 is 28.1 Å². The van der Waals surface area contributed by atoms with Crippen LogP contribution in [0.5, 0.6) is 17.4 Å². The topological polar surface area (TPSA) is 120 Å². The van der Waals surface area contributed by atoms with Crippen LogP contribution in [-0.2, 0) is 6.42 Å². The second-order valence-corrected chi connectivity index (χ2v) is 7.22. The molecule has 0 radical (unpaired) electrons. The molecular formula is C20H18N4O4S. The van der Waals surface area contributed by atoms with E-state index < -0.39 is 17.5 Å². The molecule has 0 bridgehead atoms. The van der Waals surface area contributed by atoms with Gasteiger partial charge in [0.15, 0.2) is 11.5 Å². The zero-order valence-corrected chi connectivity index (χ0v) is 16.3. The Morgan fingerprint density at radius 3 is 2.90 bits per heavy atom. The largest absolute Gasteiger partial charge is 0.501 e. The maximum atomic E-state index is 12.5. The van der Waals surface area contributed by atoms with Crippen molar-refractivity contribution in [2.45, 2.75) is 6.42 Å². The first-order chi connectivity index (χ1) is 14.1. The van der Waals surface area contributed by atoms with Crippen LogP contribution >= 0.6 is 11.3 Å². The van der Waals surface area contributed by atoms with Gasteiger partial charge in [-0.25, -0.2) is 4.98 Å². The number of aromatic nitrogens is 3. The molecule has 0 aliphatic carbocycles. The molecule has 9 heteroatoms. The Balaban J connectivity index is 1.49. The third kappa shape index (κ3) is 3.72. The average molecular weight is 410 g/mol. The van der Waals surface area contributed by atoms with E-state index in [0.29, 0.717) is 17.8 Å². The summed E-state index contributed by atoms with van der Waals surface area (Å²) in [5.74, 6) is -0.915. The summed E-state index contributed by atoms with van der Waals surface area (Å²) in [5, 5.41) is 25.5. The number of fused-ring (bicyclic) bond motifs is 1. The van der Waals surface area contributed by atoms with E-state index >= 15 is 0 Å². The van der Waals surface area contributed by atoms with Crippen LogP contribution in [0.3, 0.4) is 0 Å². The highest BCUT2D eigenvalue weighted by Crippen LogP contribution is 2.30. The fourth-order valence-corrected chi connectivity index (χ4v) is 3.66. The second kappa shape index (κ2) is 7.80. The van der Waals surface area contributed by atoms with E-state index in [0.717, 1.165) is 22.2 Å². The number of thiophene rings is 1. The standard InChI is InChI=1S/C20H18N4O4S/c1-28-12-4-5-14-13(9-12)11(10-22-14)6-7-21-19(26)16-17(25)20(27)24-18(23-16)15-3-2-8-29-15/h2-5,8-10,22,25H,6-7H2,1H3,(H,21,26)(H,23,24,27). The lowest BCUT2D eigenvalue weighted by atomic mass is 10.1. The van der Waals surface area contributed by atoms with Crippen molar-refractivity contribution < 1.29 is 19.7 Å². The molecule has 1 aromatic carbocycles. The van der Waals surface area contributed by atoms with Gasteiger partial charge in [-0.15, -0.1) is 11.3 Å². The zero-order chi connectivity index (χ0) is 20.4. The number of hydrogen-bond donors (Lipinski definition) is 4. The molecule has 0 aliphatic heterocycles. The Bertz CT molecular complexity index is 1170. The minimum absolute atomic E-state index is 0.184. The van der Waals surface area contributed by atoms with Crippen LogP contribution in [0.1, 0.15) is 16.1 Å². The van der Waals surface area contributed by atoms with Crippen molar-refractivity contribution in [1.29, 1.82) is 0 Å². The number of hydrogen-bond acceptors (Lipinski definition) is 7. The van der Waals surface area contributed by atoms with Gasteiger partial charge in [-0.05, 0) is 41.6 Å². The number of H-pyrrole nitrogens is 1. The Morgan fingerprint density at radius 1 is 1.28 bits per heavy atom. The van der Waals surface area contributed by atoms with Crippen LogP contribution in [0.2, 0.25) is 0 Å². The quantitative estimate of drug-likeness (QED) is 0.388. The minimum atomic E-state index is -0.639. The van der Waals surface area contributed by atoms with Crippen LogP contribution in [0.25, 0.3) is 21.6 Å². The molecule has 3 heterocycles. The van der Waals surface area contributed by atoms with Crippen LogP contribution in [0.4, 0.5) is 0 Å². The summed E-state index contributed by atoms with van der Waals surface area (Å²) < 4.78 is 5.26. The first-order valence-corrected chi connectivity index (χ1v) is 9.71. The Labute approximate surface area is 169 Å². The van der Waals surface area contributed by atoms with Crippen LogP contribution in [-0.4, -0.2) is 44.7 Å². The maximum absolute atomic E-state index is 12.5. The fourth-order valence-electron chi connectivity index (χ4n) is 3.00. The predicted octanol–water partition coefficient (Wildman–Crippen LogP) is 3.08. The number of benzene rings is 1. The third-order valence-corrected chi connectivity index (χ3v) is 5.34. The summed E-state index contributed by atoms with van der Waals surface area (Å²) in [5.41, 5.74) is 1.74. The number of aromatic hydroxyl groups is 2. The number of amides is 1. The van der Waals surface area contributed by atoms with Crippen molar-refractivity contribution in [1.82, 2.24) is 20.3 Å². The van der Waals surface area contributed by atoms with E-state index in [2.05, 4.69) is 20.3 Å². The average Bonchev–Trinajstić information content (AvgIpc) is 3.40. The molecule has 0 unspecified atom stereocenters. The summed E-state index contributed by atoms with van der Waals surface area (Å²) in [4.78, 5) is 24.4. The molecule has 0 spiro atoms. The molecule has 8 nitrogen and oxygen atoms in total. The second-order valence-electron chi connectivity index (χ2n) is 6.28. The number of carbonyl (C=O) groups is 1. The monoisotopic (exact) mass is 410 g/mol. The Hall–Kier alpha value is -3.59. The van der Waals surface area contributed by atoms with E-state index in [-0.39, 0.29) is 11.5 Å². The molecule has 148 valence electrons. The number of methoxy groups -OCH3 is 1. The molecule has 29 heavy (non-hydrogen) atoms. The van der Waals surface area contributed by atoms with Crippen LogP contribution in [0.15, 0.2) is 41.9 Å². The highest BCUT2D eigenvalue weighted by Gasteiger charge is 2.20. The smallest absolute Gasteiger partial charge is 0.274 e. The molecule has 4 rings (SSSR count). The van der Waals surface area contributed by atoms with Gasteiger partial charge >= 0.3 is 0 Å². The fraction of sp³-hybridized carbons (Fsp3) is 0.150. The Kier molecular flexibility index (Phi) is 5.05. The molecule has 0 saturated heterocycles. The normalized spacial score (nSPS) is 10.9. The lowest BCUT2D eigenvalue weighted by molar-refractivity contribution is 0.0945. The van der Waals surface area contributed by atoms with Gasteiger partial charge in [0.1, 0.15) is 5.75 Å². The number of aromatic amines is 1. The van der Waals surface area contributed by atoms with Gasteiger partial charge in [-0.2, -0.15) is 4.98 Å². The van der Waals surface area contributed by atoms with Gasteiger partial charge in [0.05, 0.1) is 12.0 Å². The molecule has 0 aliphatic rings. The summed E-state index contributed by atoms with van der Waals surface area (Å²) in [6, 6.07) is 9.32. The number of nitrogens with zero attached hydrogens (tertiary/aromatic N) is 2. The predicted molar refractivity (Wildman–Crippen MR) is 110 cm³/mol. The first kappa shape index (κ1) is 18.8. The molecule has 1 amide bonds. The van der Waals surface area contributed by atoms with Gasteiger partial charge in [0, 0.05) is 23.6 Å². The number of rotatable bonds is 6. The van der Waals surface area contributed by atoms with Gasteiger partial charge in [-0.3, -0.25) is 4.79 Å². The van der Waals surface area contributed by atoms with Crippen molar-refractivity contribution in [2.24, 2.45) is 0 Å². The van der Waals surface area contributed by atoms with Gasteiger partial charge in [-0.1, -0.05) is 6.07 Å². The van der Waals surface area contributed by atoms with E-state index in [1.54, 1.807) is 13.2 Å². The summed E-state index contributed by atoms with van der Waals surface area (Å²) >= 11 is 1.37. The van der Waals surface area contributed by atoms with Gasteiger partial charge in [0.2, 0.25) is 5.75 Å². The number of carbonyl (C=O) groups excluding carboxylic acids is 1. The van der Waals surface area contributed by atoms with Crippen molar-refractivity contribution in [3.8, 4) is 28.1 Å². The van der Waals surface area contributed by atoms with E-state index in [9.17, 15) is 15.0 Å². The maximum Gasteiger partial charge on any atom is 0.274 e. The first-order valence-electron chi connectivity index (χ1n) is 8.83. The molecule has 0 fully saturated rings. The van der Waals surface area contributed by atoms with Crippen LogP contribution < -0.4 is 10.1 Å². The van der Waals surface area contributed by atoms with Crippen molar-refractivity contribution in [2.75, 3.05) is 13.7 Å². The molecular weight excluding hydrogens is 392 g/mol. The van der Waals surface area contributed by atoms with E-state index in [1.807, 2.05) is 35.8 Å². The van der Waals surface area contributed by atoms with E-state index in [4.69, 9.17) is 4.74 Å². The SMILES string of the molecule is COc1ccc2[nH]cc(CCNC(=O)c3nc(-c4cccs4)nc(O)c3O)c2c1. The summed E-state index contributed by atoms with van der Waals surface area (Å²) in [6.45, 7) is 0.321. The molecule has 4 N–H and O–H groups in total. The van der Waals surface area contributed by atoms with Crippen molar-refractivity contribution in [3.05, 3.63) is 53.2 Å². The molecule has 0 saturated carbocycles. The lowest BCUT2D eigenvalue weighted by Gasteiger charge is -2.08. The number of ether oxygens (including phenoxy) is 1. The third-order valence-electron chi connectivity index (χ3n) is 4.48. The highest BCUT2D eigenvalue weighted by atomic mass is 32.1. The van der Waals surface area contributed by atoms with E-state index in [1.165, 1.54) is 11.3 Å². The molecule has 0 atom stereocenters. The van der Waals surface area contributed by atoms with Crippen molar-refractivity contribution in [3.63, 3.8) is 0 Å². The number of nitrogens with one attached hydrogen (secondary N) is 2. The molecule has 4 aromatic rings. The summed E-state index contributed by atoms with van der Waals surface area (Å²) in [6.07, 6.45) is 2.45. The highest BCUT2D eigenvalue weighted by molar-refractivity contribution is 7.13. The zero-order valence-electron chi connectivity index (χ0n) is 15.5. The van der Waals surface area contributed by atoms with Crippen LogP contribution in [0, 0.1) is 0 Å². The summed E-state index contributed by atoms with van der Waals surface area (Å²) in [7, 11) is 1.61. The van der Waals surface area contributed by atoms with Gasteiger partial charge in [0.25, 0.3) is 11.8 Å².